The third kappa shape index (κ3) is 15.9. The molecular weight excluding hydrogens is 370 g/mol. The first-order valence-corrected chi connectivity index (χ1v) is 13.1. The predicted octanol–water partition coefficient (Wildman–Crippen LogP) is 7.50. The SMILES string of the molecule is [CH2]CN1CCC(CCOC(=O)CCCCCCC/C=C\CCCCCCCC)CC1. The fourth-order valence-corrected chi connectivity index (χ4v) is 4.25. The largest absolute Gasteiger partial charge is 0.466 e. The average Bonchev–Trinajstić information content (AvgIpc) is 2.77. The van der Waals surface area contributed by atoms with Crippen molar-refractivity contribution >= 4 is 5.97 Å². The Bertz CT molecular complexity index is 413. The maximum atomic E-state index is 11.9. The van der Waals surface area contributed by atoms with Crippen molar-refractivity contribution in [3.63, 3.8) is 0 Å². The molecule has 0 aromatic heterocycles. The van der Waals surface area contributed by atoms with E-state index in [0.717, 1.165) is 44.8 Å². The Hall–Kier alpha value is -0.830. The molecule has 1 radical (unpaired) electrons. The number of carbonyl (C=O) groups is 1. The van der Waals surface area contributed by atoms with Crippen LogP contribution < -0.4 is 0 Å². The van der Waals surface area contributed by atoms with Crippen LogP contribution in [0.3, 0.4) is 0 Å². The number of rotatable bonds is 19. The van der Waals surface area contributed by atoms with Crippen LogP contribution in [0, 0.1) is 12.8 Å². The van der Waals surface area contributed by atoms with Crippen molar-refractivity contribution in [1.29, 1.82) is 0 Å². The summed E-state index contributed by atoms with van der Waals surface area (Å²) >= 11 is 0. The number of hydrogen-bond donors (Lipinski definition) is 0. The zero-order chi connectivity index (χ0) is 21.7. The lowest BCUT2D eigenvalue weighted by molar-refractivity contribution is -0.144. The molecule has 1 aliphatic rings. The Balaban J connectivity index is 1.80. The third-order valence-electron chi connectivity index (χ3n) is 6.46. The van der Waals surface area contributed by atoms with Gasteiger partial charge in [0.2, 0.25) is 0 Å². The Kier molecular flexibility index (Phi) is 18.2. The highest BCUT2D eigenvalue weighted by Gasteiger charge is 2.18. The summed E-state index contributed by atoms with van der Waals surface area (Å²) in [6, 6.07) is 0. The standard InChI is InChI=1S/C27H50NO2/c1-3-5-6-7-8-9-10-11-12-13-14-15-16-17-18-19-27(29)30-25-22-26-20-23-28(4-2)24-21-26/h11-12,26H,2-10,13-25H2,1H3/b12-11-. The lowest BCUT2D eigenvalue weighted by atomic mass is 9.94. The molecule has 0 unspecified atom stereocenters. The molecule has 1 fully saturated rings. The first kappa shape index (κ1) is 27.2. The normalized spacial score (nSPS) is 15.8. The van der Waals surface area contributed by atoms with Gasteiger partial charge < -0.3 is 9.64 Å². The zero-order valence-corrected chi connectivity index (χ0v) is 20.1. The molecule has 1 saturated heterocycles. The minimum atomic E-state index is 0.00261. The Morgan fingerprint density at radius 2 is 1.47 bits per heavy atom. The summed E-state index contributed by atoms with van der Waals surface area (Å²) < 4.78 is 5.44. The molecule has 0 saturated carbocycles. The van der Waals surface area contributed by atoms with E-state index in [0.29, 0.717) is 13.0 Å². The molecular formula is C27H50NO2. The number of nitrogens with zero attached hydrogens (tertiary/aromatic N) is 1. The molecule has 0 N–H and O–H groups in total. The molecule has 1 rings (SSSR count). The molecule has 0 aromatic rings. The van der Waals surface area contributed by atoms with Crippen LogP contribution in [-0.4, -0.2) is 37.1 Å². The number of unbranched alkanes of at least 4 members (excludes halogenated alkanes) is 11. The monoisotopic (exact) mass is 420 g/mol. The zero-order valence-electron chi connectivity index (χ0n) is 20.1. The van der Waals surface area contributed by atoms with E-state index in [4.69, 9.17) is 4.74 Å². The molecule has 1 aliphatic heterocycles. The van der Waals surface area contributed by atoms with E-state index in [1.807, 2.05) is 0 Å². The maximum Gasteiger partial charge on any atom is 0.305 e. The van der Waals surface area contributed by atoms with Crippen molar-refractivity contribution in [2.75, 3.05) is 26.2 Å². The molecule has 0 spiro atoms. The van der Waals surface area contributed by atoms with Crippen LogP contribution in [-0.2, 0) is 9.53 Å². The summed E-state index contributed by atoms with van der Waals surface area (Å²) in [5, 5.41) is 0. The van der Waals surface area contributed by atoms with Gasteiger partial charge in [-0.05, 0) is 83.8 Å². The smallest absolute Gasteiger partial charge is 0.305 e. The van der Waals surface area contributed by atoms with Crippen molar-refractivity contribution in [1.82, 2.24) is 4.90 Å². The van der Waals surface area contributed by atoms with E-state index in [9.17, 15) is 4.79 Å². The van der Waals surface area contributed by atoms with Gasteiger partial charge in [0.15, 0.2) is 0 Å². The third-order valence-corrected chi connectivity index (χ3v) is 6.46. The lowest BCUT2D eigenvalue weighted by Crippen LogP contribution is -2.33. The molecule has 0 atom stereocenters. The molecule has 0 aromatic carbocycles. The summed E-state index contributed by atoms with van der Waals surface area (Å²) in [6.45, 7) is 10.0. The van der Waals surface area contributed by atoms with Crippen molar-refractivity contribution in [3.8, 4) is 0 Å². The van der Waals surface area contributed by atoms with Gasteiger partial charge in [0, 0.05) is 6.42 Å². The second-order valence-corrected chi connectivity index (χ2v) is 9.13. The van der Waals surface area contributed by atoms with Gasteiger partial charge >= 0.3 is 5.97 Å². The highest BCUT2D eigenvalue weighted by molar-refractivity contribution is 5.69. The van der Waals surface area contributed by atoms with Gasteiger partial charge in [0.25, 0.3) is 0 Å². The van der Waals surface area contributed by atoms with Crippen LogP contribution in [0.1, 0.15) is 116 Å². The Morgan fingerprint density at radius 3 is 2.07 bits per heavy atom. The van der Waals surface area contributed by atoms with Gasteiger partial charge in [-0.1, -0.05) is 70.4 Å². The summed E-state index contributed by atoms with van der Waals surface area (Å²) in [5.41, 5.74) is 0. The molecule has 30 heavy (non-hydrogen) atoms. The number of ether oxygens (including phenoxy) is 1. The molecule has 0 bridgehead atoms. The fraction of sp³-hybridized carbons (Fsp3) is 0.852. The van der Waals surface area contributed by atoms with Crippen molar-refractivity contribution in [2.45, 2.75) is 116 Å². The first-order chi connectivity index (χ1) is 14.8. The molecule has 3 nitrogen and oxygen atoms in total. The van der Waals surface area contributed by atoms with Crippen molar-refractivity contribution in [2.24, 2.45) is 5.92 Å². The van der Waals surface area contributed by atoms with Gasteiger partial charge in [-0.2, -0.15) is 0 Å². The fourth-order valence-electron chi connectivity index (χ4n) is 4.25. The maximum absolute atomic E-state index is 11.9. The quantitative estimate of drug-likeness (QED) is 0.123. The van der Waals surface area contributed by atoms with Gasteiger partial charge in [-0.15, -0.1) is 0 Å². The summed E-state index contributed by atoms with van der Waals surface area (Å²) in [7, 11) is 0. The highest BCUT2D eigenvalue weighted by Crippen LogP contribution is 2.20. The molecule has 175 valence electrons. The van der Waals surface area contributed by atoms with E-state index >= 15 is 0 Å². The predicted molar refractivity (Wildman–Crippen MR) is 130 cm³/mol. The average molecular weight is 421 g/mol. The van der Waals surface area contributed by atoms with E-state index in [2.05, 4.69) is 30.9 Å². The minimum absolute atomic E-state index is 0.00261. The molecule has 1 heterocycles. The molecule has 3 heteroatoms. The summed E-state index contributed by atoms with van der Waals surface area (Å²) in [5.74, 6) is 0.725. The first-order valence-electron chi connectivity index (χ1n) is 13.1. The highest BCUT2D eigenvalue weighted by atomic mass is 16.5. The topological polar surface area (TPSA) is 29.5 Å². The van der Waals surface area contributed by atoms with Gasteiger partial charge in [-0.3, -0.25) is 4.79 Å². The van der Waals surface area contributed by atoms with E-state index in [1.165, 1.54) is 83.5 Å². The summed E-state index contributed by atoms with van der Waals surface area (Å²) in [4.78, 5) is 14.3. The number of piperidine rings is 1. The van der Waals surface area contributed by atoms with Gasteiger partial charge in [0.1, 0.15) is 0 Å². The van der Waals surface area contributed by atoms with E-state index < -0.39 is 0 Å². The van der Waals surface area contributed by atoms with E-state index in [-0.39, 0.29) is 5.97 Å². The van der Waals surface area contributed by atoms with Crippen LogP contribution in [0.15, 0.2) is 12.2 Å². The van der Waals surface area contributed by atoms with Crippen LogP contribution in [0.4, 0.5) is 0 Å². The van der Waals surface area contributed by atoms with Crippen LogP contribution in [0.2, 0.25) is 0 Å². The second-order valence-electron chi connectivity index (χ2n) is 9.13. The number of esters is 1. The number of allylic oxidation sites excluding steroid dienone is 2. The number of hydrogen-bond acceptors (Lipinski definition) is 3. The van der Waals surface area contributed by atoms with Gasteiger partial charge in [0.05, 0.1) is 6.61 Å². The van der Waals surface area contributed by atoms with Gasteiger partial charge in [-0.25, -0.2) is 0 Å². The summed E-state index contributed by atoms with van der Waals surface area (Å²) in [6.07, 6.45) is 25.5. The minimum Gasteiger partial charge on any atom is -0.466 e. The van der Waals surface area contributed by atoms with Crippen LogP contribution >= 0.6 is 0 Å². The number of carbonyl (C=O) groups excluding carboxylic acids is 1. The molecule has 0 aliphatic carbocycles. The lowest BCUT2D eigenvalue weighted by Gasteiger charge is -2.30. The molecule has 0 amide bonds. The second kappa shape index (κ2) is 20.1. The van der Waals surface area contributed by atoms with E-state index in [1.54, 1.807) is 0 Å². The van der Waals surface area contributed by atoms with Crippen molar-refractivity contribution in [3.05, 3.63) is 19.1 Å². The van der Waals surface area contributed by atoms with Crippen LogP contribution in [0.25, 0.3) is 0 Å². The Morgan fingerprint density at radius 1 is 0.900 bits per heavy atom. The van der Waals surface area contributed by atoms with Crippen molar-refractivity contribution < 1.29 is 9.53 Å². The Labute approximate surface area is 188 Å². The van der Waals surface area contributed by atoms with Crippen LogP contribution in [0.5, 0.6) is 0 Å². The number of likely N-dealkylation sites (tertiary alicyclic amines) is 1.